The highest BCUT2D eigenvalue weighted by molar-refractivity contribution is 7.91. The minimum atomic E-state index is -2.89. The molecule has 1 aliphatic heterocycles. The number of hydrogen-bond acceptors (Lipinski definition) is 4. The van der Waals surface area contributed by atoms with Gasteiger partial charge in [0.15, 0.2) is 9.84 Å². The predicted molar refractivity (Wildman–Crippen MR) is 81.8 cm³/mol. The van der Waals surface area contributed by atoms with E-state index < -0.39 is 9.84 Å². The first-order valence-corrected chi connectivity index (χ1v) is 8.69. The van der Waals surface area contributed by atoms with Crippen LogP contribution in [-0.4, -0.2) is 30.9 Å². The van der Waals surface area contributed by atoms with Crippen LogP contribution in [-0.2, 0) is 9.84 Å². The molecule has 20 heavy (non-hydrogen) atoms. The van der Waals surface area contributed by atoms with Crippen molar-refractivity contribution in [1.29, 1.82) is 0 Å². The minimum Gasteiger partial charge on any atom is -0.381 e. The van der Waals surface area contributed by atoms with Gasteiger partial charge in [0.1, 0.15) is 0 Å². The maximum Gasteiger partial charge on any atom is 0.152 e. The maximum atomic E-state index is 11.7. The number of fused-ring (bicyclic) bond motifs is 1. The molecule has 2 aromatic rings. The van der Waals surface area contributed by atoms with E-state index in [4.69, 9.17) is 0 Å². The first kappa shape index (κ1) is 13.4. The third kappa shape index (κ3) is 2.77. The number of hydrogen-bond donors (Lipinski definition) is 1. The van der Waals surface area contributed by atoms with Crippen LogP contribution < -0.4 is 5.32 Å². The first-order valence-electron chi connectivity index (χ1n) is 6.87. The number of aryl methyl sites for hydroxylation is 1. The molecule has 1 saturated heterocycles. The summed E-state index contributed by atoms with van der Waals surface area (Å²) >= 11 is 0. The summed E-state index contributed by atoms with van der Waals surface area (Å²) in [6.07, 6.45) is 1.64. The number of rotatable bonds is 2. The molecule has 3 rings (SSSR count). The summed E-state index contributed by atoms with van der Waals surface area (Å²) in [5, 5.41) is 4.44. The van der Waals surface area contributed by atoms with Crippen molar-refractivity contribution < 1.29 is 8.42 Å². The summed E-state index contributed by atoms with van der Waals surface area (Å²) in [4.78, 5) is 4.50. The summed E-state index contributed by atoms with van der Waals surface area (Å²) in [7, 11) is -2.89. The molecule has 1 fully saturated rings. The van der Waals surface area contributed by atoms with E-state index in [1.807, 2.05) is 37.3 Å². The third-order valence-corrected chi connectivity index (χ3v) is 5.49. The lowest BCUT2D eigenvalue weighted by Gasteiger charge is -2.24. The fraction of sp³-hybridized carbons (Fsp3) is 0.400. The van der Waals surface area contributed by atoms with Gasteiger partial charge in [-0.15, -0.1) is 0 Å². The van der Waals surface area contributed by atoms with Crippen molar-refractivity contribution in [3.8, 4) is 0 Å². The van der Waals surface area contributed by atoms with E-state index in [9.17, 15) is 8.42 Å². The number of pyridine rings is 1. The molecule has 1 aromatic heterocycles. The van der Waals surface area contributed by atoms with E-state index in [0.717, 1.165) is 35.1 Å². The number of nitrogens with zero attached hydrogens (tertiary/aromatic N) is 1. The lowest BCUT2D eigenvalue weighted by atomic mass is 10.1. The van der Waals surface area contributed by atoms with Crippen LogP contribution in [0, 0.1) is 6.92 Å². The Balaban J connectivity index is 1.94. The van der Waals surface area contributed by atoms with Crippen molar-refractivity contribution in [3.63, 3.8) is 0 Å². The number of aromatic nitrogens is 1. The average Bonchev–Trinajstić information content (AvgIpc) is 2.37. The Labute approximate surface area is 119 Å². The maximum absolute atomic E-state index is 11.7. The SMILES string of the molecule is Cc1cc(NC2CCCS(=O)(=O)C2)c2ccccc2n1. The Morgan fingerprint density at radius 3 is 2.90 bits per heavy atom. The highest BCUT2D eigenvalue weighted by atomic mass is 32.2. The van der Waals surface area contributed by atoms with E-state index in [1.54, 1.807) is 0 Å². The number of nitrogens with one attached hydrogen (secondary N) is 1. The van der Waals surface area contributed by atoms with Gasteiger partial charge in [-0.3, -0.25) is 4.98 Å². The van der Waals surface area contributed by atoms with Gasteiger partial charge in [-0.2, -0.15) is 0 Å². The van der Waals surface area contributed by atoms with Crippen LogP contribution in [0.15, 0.2) is 30.3 Å². The molecule has 1 atom stereocenters. The molecule has 1 aromatic carbocycles. The van der Waals surface area contributed by atoms with Crippen molar-refractivity contribution in [2.45, 2.75) is 25.8 Å². The highest BCUT2D eigenvalue weighted by Crippen LogP contribution is 2.25. The molecule has 0 aliphatic carbocycles. The molecule has 0 radical (unpaired) electrons. The Bertz CT molecular complexity index is 741. The van der Waals surface area contributed by atoms with Crippen molar-refractivity contribution >= 4 is 26.4 Å². The number of anilines is 1. The molecule has 5 heteroatoms. The Hall–Kier alpha value is -1.62. The summed E-state index contributed by atoms with van der Waals surface area (Å²) in [5.74, 6) is 0.546. The summed E-state index contributed by atoms with van der Waals surface area (Å²) in [5.41, 5.74) is 2.86. The van der Waals surface area contributed by atoms with Gasteiger partial charge in [0.25, 0.3) is 0 Å². The van der Waals surface area contributed by atoms with Crippen LogP contribution in [0.5, 0.6) is 0 Å². The van der Waals surface area contributed by atoms with Gasteiger partial charge >= 0.3 is 0 Å². The number of sulfone groups is 1. The van der Waals surface area contributed by atoms with E-state index in [2.05, 4.69) is 10.3 Å². The molecule has 2 heterocycles. The molecule has 0 amide bonds. The zero-order valence-electron chi connectivity index (χ0n) is 11.5. The van der Waals surface area contributed by atoms with E-state index in [-0.39, 0.29) is 11.8 Å². The highest BCUT2D eigenvalue weighted by Gasteiger charge is 2.24. The molecule has 0 bridgehead atoms. The molecule has 0 spiro atoms. The van der Waals surface area contributed by atoms with Crippen LogP contribution in [0.1, 0.15) is 18.5 Å². The second kappa shape index (κ2) is 5.05. The van der Waals surface area contributed by atoms with E-state index in [0.29, 0.717) is 5.75 Å². The van der Waals surface area contributed by atoms with Crippen LogP contribution in [0.25, 0.3) is 10.9 Å². The standard InChI is InChI=1S/C15H18N2O2S/c1-11-9-15(13-6-2-3-7-14(13)16-11)17-12-5-4-8-20(18,19)10-12/h2-3,6-7,9,12H,4-5,8,10H2,1H3,(H,16,17). The van der Waals surface area contributed by atoms with Crippen LogP contribution in [0.4, 0.5) is 5.69 Å². The molecular weight excluding hydrogens is 272 g/mol. The number of benzene rings is 1. The lowest BCUT2D eigenvalue weighted by Crippen LogP contribution is -2.34. The zero-order chi connectivity index (χ0) is 14.2. The first-order chi connectivity index (χ1) is 9.53. The summed E-state index contributed by atoms with van der Waals surface area (Å²) in [6, 6.07) is 9.92. The molecular formula is C15H18N2O2S. The van der Waals surface area contributed by atoms with Gasteiger partial charge in [0.05, 0.1) is 17.0 Å². The molecule has 0 saturated carbocycles. The summed E-state index contributed by atoms with van der Waals surface area (Å²) in [6.45, 7) is 1.95. The predicted octanol–water partition coefficient (Wildman–Crippen LogP) is 2.53. The van der Waals surface area contributed by atoms with Crippen molar-refractivity contribution in [2.24, 2.45) is 0 Å². The molecule has 1 unspecified atom stereocenters. The fourth-order valence-electron chi connectivity index (χ4n) is 2.78. The minimum absolute atomic E-state index is 0.000967. The topological polar surface area (TPSA) is 59.1 Å². The van der Waals surface area contributed by atoms with Crippen molar-refractivity contribution in [3.05, 3.63) is 36.0 Å². The van der Waals surface area contributed by atoms with Crippen LogP contribution >= 0.6 is 0 Å². The van der Waals surface area contributed by atoms with Gasteiger partial charge in [0, 0.05) is 22.8 Å². The molecule has 4 nitrogen and oxygen atoms in total. The molecule has 106 valence electrons. The second-order valence-electron chi connectivity index (χ2n) is 5.43. The Morgan fingerprint density at radius 1 is 1.30 bits per heavy atom. The normalized spacial score (nSPS) is 21.8. The van der Waals surface area contributed by atoms with Gasteiger partial charge in [0.2, 0.25) is 0 Å². The van der Waals surface area contributed by atoms with Gasteiger partial charge < -0.3 is 5.32 Å². The molecule has 1 aliphatic rings. The third-order valence-electron chi connectivity index (χ3n) is 3.67. The fourth-order valence-corrected chi connectivity index (χ4v) is 4.42. The molecule has 1 N–H and O–H groups in total. The van der Waals surface area contributed by atoms with Crippen molar-refractivity contribution in [2.75, 3.05) is 16.8 Å². The van der Waals surface area contributed by atoms with Crippen LogP contribution in [0.2, 0.25) is 0 Å². The smallest absolute Gasteiger partial charge is 0.152 e. The zero-order valence-corrected chi connectivity index (χ0v) is 12.3. The van der Waals surface area contributed by atoms with E-state index >= 15 is 0 Å². The largest absolute Gasteiger partial charge is 0.381 e. The monoisotopic (exact) mass is 290 g/mol. The Kier molecular flexibility index (Phi) is 3.38. The van der Waals surface area contributed by atoms with Gasteiger partial charge in [-0.25, -0.2) is 8.42 Å². The van der Waals surface area contributed by atoms with Gasteiger partial charge in [-0.05, 0) is 31.9 Å². The average molecular weight is 290 g/mol. The number of para-hydroxylation sites is 1. The van der Waals surface area contributed by atoms with Crippen molar-refractivity contribution in [1.82, 2.24) is 4.98 Å². The summed E-state index contributed by atoms with van der Waals surface area (Å²) < 4.78 is 23.5. The van der Waals surface area contributed by atoms with E-state index in [1.165, 1.54) is 0 Å². The lowest BCUT2D eigenvalue weighted by molar-refractivity contribution is 0.562. The quantitative estimate of drug-likeness (QED) is 0.923. The van der Waals surface area contributed by atoms with Crippen LogP contribution in [0.3, 0.4) is 0 Å². The second-order valence-corrected chi connectivity index (χ2v) is 7.65. The van der Waals surface area contributed by atoms with Gasteiger partial charge in [-0.1, -0.05) is 18.2 Å². The Morgan fingerprint density at radius 2 is 2.10 bits per heavy atom.